The molecule has 8 heteroatoms. The fourth-order valence-corrected chi connectivity index (χ4v) is 2.65. The largest absolute Gasteiger partial charge is 0.394 e. The number of rotatable bonds is 3. The Balaban J connectivity index is 1.88. The Morgan fingerprint density at radius 1 is 1.09 bits per heavy atom. The number of H-pyrrole nitrogens is 2. The van der Waals surface area contributed by atoms with Gasteiger partial charge < -0.3 is 25.0 Å². The Morgan fingerprint density at radius 2 is 1.78 bits per heavy atom. The first kappa shape index (κ1) is 15.6. The maximum atomic E-state index is 11.8. The van der Waals surface area contributed by atoms with Gasteiger partial charge in [-0.2, -0.15) is 0 Å². The van der Waals surface area contributed by atoms with Crippen LogP contribution in [0.25, 0.3) is 11.1 Å². The lowest BCUT2D eigenvalue weighted by atomic mass is 9.99. The highest BCUT2D eigenvalue weighted by Crippen LogP contribution is 2.34. The van der Waals surface area contributed by atoms with E-state index in [1.807, 2.05) is 0 Å². The summed E-state index contributed by atoms with van der Waals surface area (Å²) in [5.74, 6) is 0. The monoisotopic (exact) mass is 320 g/mol. The van der Waals surface area contributed by atoms with Gasteiger partial charge in [0.25, 0.3) is 5.56 Å². The molecule has 1 aliphatic rings. The predicted molar refractivity (Wildman–Crippen MR) is 79.8 cm³/mol. The first-order chi connectivity index (χ1) is 11.0. The summed E-state index contributed by atoms with van der Waals surface area (Å²) in [6, 6.07) is 6.60. The Labute approximate surface area is 130 Å². The minimum absolute atomic E-state index is 0.303. The fraction of sp³-hybridized carbons (Fsp3) is 0.333. The van der Waals surface area contributed by atoms with Gasteiger partial charge in [0.15, 0.2) is 0 Å². The molecule has 5 N–H and O–H groups in total. The molecule has 1 unspecified atom stereocenters. The van der Waals surface area contributed by atoms with Gasteiger partial charge in [-0.05, 0) is 11.1 Å². The van der Waals surface area contributed by atoms with Crippen LogP contribution in [0, 0.1) is 0 Å². The number of aromatic amines is 2. The van der Waals surface area contributed by atoms with Crippen molar-refractivity contribution < 1.29 is 20.1 Å². The quantitative estimate of drug-likeness (QED) is 0.486. The minimum atomic E-state index is -1.16. The zero-order chi connectivity index (χ0) is 16.6. The lowest BCUT2D eigenvalue weighted by Crippen LogP contribution is -2.32. The van der Waals surface area contributed by atoms with E-state index in [2.05, 4.69) is 9.97 Å². The zero-order valence-electron chi connectivity index (χ0n) is 12.0. The maximum Gasteiger partial charge on any atom is 0.325 e. The van der Waals surface area contributed by atoms with Gasteiger partial charge in [0.1, 0.15) is 24.4 Å². The molecule has 4 atom stereocenters. The van der Waals surface area contributed by atoms with Crippen molar-refractivity contribution in [3.63, 3.8) is 0 Å². The van der Waals surface area contributed by atoms with Crippen LogP contribution in [0.5, 0.6) is 0 Å². The fourth-order valence-electron chi connectivity index (χ4n) is 2.65. The van der Waals surface area contributed by atoms with Crippen LogP contribution in [0.1, 0.15) is 11.7 Å². The molecule has 122 valence electrons. The lowest BCUT2D eigenvalue weighted by molar-refractivity contribution is -0.0227. The van der Waals surface area contributed by atoms with Gasteiger partial charge in [-0.25, -0.2) is 4.79 Å². The van der Waals surface area contributed by atoms with Gasteiger partial charge in [0, 0.05) is 6.20 Å². The summed E-state index contributed by atoms with van der Waals surface area (Å²) in [6.07, 6.45) is -2.58. The molecule has 0 bridgehead atoms. The second-order valence-electron chi connectivity index (χ2n) is 5.37. The van der Waals surface area contributed by atoms with Crippen molar-refractivity contribution in [2.45, 2.75) is 24.4 Å². The van der Waals surface area contributed by atoms with E-state index in [9.17, 15) is 19.8 Å². The van der Waals surface area contributed by atoms with Crippen molar-refractivity contribution in [2.75, 3.05) is 6.61 Å². The Hall–Kier alpha value is -2.26. The molecule has 2 aromatic rings. The summed E-state index contributed by atoms with van der Waals surface area (Å²) in [6.45, 7) is -0.389. The number of aliphatic hydroxyl groups is 3. The lowest BCUT2D eigenvalue weighted by Gasteiger charge is -2.15. The van der Waals surface area contributed by atoms with Gasteiger partial charge in [-0.3, -0.25) is 9.78 Å². The number of hydrogen-bond acceptors (Lipinski definition) is 6. The van der Waals surface area contributed by atoms with Crippen LogP contribution in [0.3, 0.4) is 0 Å². The minimum Gasteiger partial charge on any atom is -0.394 e. The zero-order valence-corrected chi connectivity index (χ0v) is 12.0. The molecular weight excluding hydrogens is 304 g/mol. The first-order valence-electron chi connectivity index (χ1n) is 7.06. The van der Waals surface area contributed by atoms with Crippen molar-refractivity contribution >= 4 is 0 Å². The van der Waals surface area contributed by atoms with E-state index in [0.717, 1.165) is 0 Å². The number of aromatic nitrogens is 2. The van der Waals surface area contributed by atoms with Crippen LogP contribution in [0.15, 0.2) is 40.1 Å². The SMILES string of the molecule is O=c1[nH]cc(-c2ccc(C3O[C@H](CO)[C@@H](O)[C@@H]3O)cc2)c(=O)[nH]1. The van der Waals surface area contributed by atoms with Crippen molar-refractivity contribution in [1.82, 2.24) is 9.97 Å². The second-order valence-corrected chi connectivity index (χ2v) is 5.37. The Kier molecular flexibility index (Phi) is 4.14. The van der Waals surface area contributed by atoms with E-state index in [1.54, 1.807) is 24.3 Å². The summed E-state index contributed by atoms with van der Waals surface area (Å²) in [4.78, 5) is 27.3. The molecule has 0 spiro atoms. The molecule has 1 aromatic carbocycles. The molecule has 1 saturated heterocycles. The van der Waals surface area contributed by atoms with E-state index in [4.69, 9.17) is 9.84 Å². The molecule has 1 fully saturated rings. The molecule has 0 saturated carbocycles. The third kappa shape index (κ3) is 2.84. The van der Waals surface area contributed by atoms with Gasteiger partial charge in [-0.15, -0.1) is 0 Å². The van der Waals surface area contributed by atoms with Crippen molar-refractivity contribution in [1.29, 1.82) is 0 Å². The maximum absolute atomic E-state index is 11.8. The third-order valence-electron chi connectivity index (χ3n) is 3.91. The van der Waals surface area contributed by atoms with Crippen LogP contribution in [0.4, 0.5) is 0 Å². The second kappa shape index (κ2) is 6.09. The van der Waals surface area contributed by atoms with E-state index < -0.39 is 35.7 Å². The highest BCUT2D eigenvalue weighted by Gasteiger charge is 2.42. The van der Waals surface area contributed by atoms with E-state index in [1.165, 1.54) is 6.20 Å². The molecule has 1 aromatic heterocycles. The predicted octanol–water partition coefficient (Wildman–Crippen LogP) is -1.12. The first-order valence-corrected chi connectivity index (χ1v) is 7.06. The highest BCUT2D eigenvalue weighted by molar-refractivity contribution is 5.61. The van der Waals surface area contributed by atoms with Crippen LogP contribution >= 0.6 is 0 Å². The molecule has 23 heavy (non-hydrogen) atoms. The van der Waals surface area contributed by atoms with Gasteiger partial charge in [0.05, 0.1) is 12.2 Å². The Morgan fingerprint density at radius 3 is 2.35 bits per heavy atom. The van der Waals surface area contributed by atoms with Gasteiger partial charge in [-0.1, -0.05) is 24.3 Å². The van der Waals surface area contributed by atoms with Crippen molar-refractivity contribution in [3.05, 3.63) is 56.9 Å². The molecule has 3 rings (SSSR count). The number of hydrogen-bond donors (Lipinski definition) is 5. The van der Waals surface area contributed by atoms with Crippen LogP contribution < -0.4 is 11.2 Å². The standard InChI is InChI=1S/C15H16N2O6/c18-6-10-11(19)12(20)13(23-10)8-3-1-7(2-4-8)9-5-16-15(22)17-14(9)21/h1-5,10-13,18-20H,6H2,(H2,16,17,21,22)/t10-,11-,12+,13?/m1/s1. The summed E-state index contributed by atoms with van der Waals surface area (Å²) >= 11 is 0. The number of ether oxygens (including phenoxy) is 1. The summed E-state index contributed by atoms with van der Waals surface area (Å²) in [7, 11) is 0. The van der Waals surface area contributed by atoms with Gasteiger partial charge >= 0.3 is 5.69 Å². The smallest absolute Gasteiger partial charge is 0.325 e. The van der Waals surface area contributed by atoms with E-state index in [0.29, 0.717) is 16.7 Å². The van der Waals surface area contributed by atoms with Crippen LogP contribution in [-0.2, 0) is 4.74 Å². The van der Waals surface area contributed by atoms with Crippen LogP contribution in [0.2, 0.25) is 0 Å². The molecular formula is C15H16N2O6. The molecule has 0 amide bonds. The molecule has 0 radical (unpaired) electrons. The summed E-state index contributed by atoms with van der Waals surface area (Å²) in [5.41, 5.74) is 0.406. The Bertz CT molecular complexity index is 797. The van der Waals surface area contributed by atoms with Crippen LogP contribution in [-0.4, -0.2) is 50.2 Å². The molecule has 1 aliphatic heterocycles. The topological polar surface area (TPSA) is 136 Å². The van der Waals surface area contributed by atoms with Crippen molar-refractivity contribution in [2.24, 2.45) is 0 Å². The average molecular weight is 320 g/mol. The summed E-state index contributed by atoms with van der Waals surface area (Å²) in [5, 5.41) is 28.9. The summed E-state index contributed by atoms with van der Waals surface area (Å²) < 4.78 is 5.44. The molecule has 8 nitrogen and oxygen atoms in total. The number of aliphatic hydroxyl groups excluding tert-OH is 3. The van der Waals surface area contributed by atoms with E-state index >= 15 is 0 Å². The van der Waals surface area contributed by atoms with Gasteiger partial charge in [0.2, 0.25) is 0 Å². The third-order valence-corrected chi connectivity index (χ3v) is 3.91. The van der Waals surface area contributed by atoms with Crippen molar-refractivity contribution in [3.8, 4) is 11.1 Å². The number of nitrogens with one attached hydrogen (secondary N) is 2. The van der Waals surface area contributed by atoms with E-state index in [-0.39, 0.29) is 6.61 Å². The number of benzene rings is 1. The molecule has 2 heterocycles. The highest BCUT2D eigenvalue weighted by atomic mass is 16.6. The average Bonchev–Trinajstić information content (AvgIpc) is 2.83. The normalized spacial score (nSPS) is 27.3. The molecule has 0 aliphatic carbocycles.